The summed E-state index contributed by atoms with van der Waals surface area (Å²) in [6.45, 7) is 5.62. The molecule has 0 radical (unpaired) electrons. The summed E-state index contributed by atoms with van der Waals surface area (Å²) >= 11 is 0. The Morgan fingerprint density at radius 2 is 1.94 bits per heavy atom. The molecule has 158 valence electrons. The van der Waals surface area contributed by atoms with Crippen molar-refractivity contribution in [2.75, 3.05) is 13.1 Å². The zero-order valence-corrected chi connectivity index (χ0v) is 17.7. The Balaban J connectivity index is 1.61. The number of rotatable bonds is 8. The molecule has 0 saturated carbocycles. The second-order valence-electron chi connectivity index (χ2n) is 7.31. The first kappa shape index (κ1) is 20.7. The lowest BCUT2D eigenvalue weighted by atomic mass is 10.1. The zero-order chi connectivity index (χ0) is 21.6. The number of amides is 1. The molecule has 7 heteroatoms. The fraction of sp³-hybridized carbons (Fsp3) is 0.250. The minimum Gasteiger partial charge on any atom is -0.350 e. The number of pyridine rings is 1. The van der Waals surface area contributed by atoms with Crippen molar-refractivity contribution in [3.63, 3.8) is 0 Å². The van der Waals surface area contributed by atoms with Gasteiger partial charge in [0.15, 0.2) is 5.65 Å². The van der Waals surface area contributed by atoms with Crippen molar-refractivity contribution in [1.29, 1.82) is 0 Å². The molecule has 0 aliphatic heterocycles. The largest absolute Gasteiger partial charge is 0.350 e. The molecule has 4 aromatic rings. The molecule has 1 aromatic carbocycles. The summed E-state index contributed by atoms with van der Waals surface area (Å²) in [6, 6.07) is 15.7. The lowest BCUT2D eigenvalue weighted by Gasteiger charge is -2.16. The van der Waals surface area contributed by atoms with Gasteiger partial charge in [0.1, 0.15) is 0 Å². The van der Waals surface area contributed by atoms with Crippen LogP contribution in [0.1, 0.15) is 30.6 Å². The van der Waals surface area contributed by atoms with Crippen molar-refractivity contribution in [3.05, 3.63) is 72.7 Å². The molecule has 0 saturated heterocycles. The van der Waals surface area contributed by atoms with Crippen molar-refractivity contribution in [2.45, 2.75) is 26.3 Å². The summed E-state index contributed by atoms with van der Waals surface area (Å²) in [5, 5.41) is 10.8. The van der Waals surface area contributed by atoms with E-state index in [1.807, 2.05) is 42.6 Å². The van der Waals surface area contributed by atoms with Crippen LogP contribution in [0.15, 0.2) is 67.1 Å². The average molecular weight is 415 g/mol. The molecule has 0 aliphatic rings. The van der Waals surface area contributed by atoms with Gasteiger partial charge < -0.3 is 10.6 Å². The Morgan fingerprint density at radius 1 is 1.10 bits per heavy atom. The second-order valence-corrected chi connectivity index (χ2v) is 7.31. The van der Waals surface area contributed by atoms with Crippen LogP contribution in [0.3, 0.4) is 0 Å². The van der Waals surface area contributed by atoms with Crippen LogP contribution >= 0.6 is 0 Å². The standard InChI is InChI=1S/C24H26N6O/c1-3-19(25-4-2)15-27-24(31)18-10-12-26-22(14-18)20-16-28-30-13-11-21(29-23(20)30)17-8-6-5-7-9-17/h5-14,16,19,25H,3-4,15H2,1-2H3,(H,27,31). The monoisotopic (exact) mass is 414 g/mol. The van der Waals surface area contributed by atoms with Gasteiger partial charge >= 0.3 is 0 Å². The van der Waals surface area contributed by atoms with Crippen LogP contribution in [-0.4, -0.2) is 44.6 Å². The summed E-state index contributed by atoms with van der Waals surface area (Å²) in [6.07, 6.45) is 6.22. The quantitative estimate of drug-likeness (QED) is 0.460. The van der Waals surface area contributed by atoms with Crippen molar-refractivity contribution in [1.82, 2.24) is 30.2 Å². The highest BCUT2D eigenvalue weighted by molar-refractivity contribution is 5.95. The number of nitrogens with one attached hydrogen (secondary N) is 2. The van der Waals surface area contributed by atoms with Gasteiger partial charge in [0, 0.05) is 36.1 Å². The molecular weight excluding hydrogens is 388 g/mol. The van der Waals surface area contributed by atoms with Gasteiger partial charge in [-0.3, -0.25) is 9.78 Å². The van der Waals surface area contributed by atoms with Gasteiger partial charge in [-0.25, -0.2) is 9.50 Å². The van der Waals surface area contributed by atoms with Crippen molar-refractivity contribution < 1.29 is 4.79 Å². The summed E-state index contributed by atoms with van der Waals surface area (Å²) in [5.74, 6) is -0.116. The van der Waals surface area contributed by atoms with Gasteiger partial charge in [0.2, 0.25) is 0 Å². The Kier molecular flexibility index (Phi) is 6.33. The number of carbonyl (C=O) groups is 1. The van der Waals surface area contributed by atoms with Crippen molar-refractivity contribution in [2.24, 2.45) is 0 Å². The third kappa shape index (κ3) is 4.62. The third-order valence-corrected chi connectivity index (χ3v) is 5.23. The minimum atomic E-state index is -0.116. The van der Waals surface area contributed by atoms with Crippen LogP contribution in [0.5, 0.6) is 0 Å². The molecule has 0 bridgehead atoms. The smallest absolute Gasteiger partial charge is 0.251 e. The molecular formula is C24H26N6O. The van der Waals surface area contributed by atoms with Crippen LogP contribution in [0.2, 0.25) is 0 Å². The highest BCUT2D eigenvalue weighted by Crippen LogP contribution is 2.25. The number of nitrogens with zero attached hydrogens (tertiary/aromatic N) is 4. The van der Waals surface area contributed by atoms with E-state index in [1.54, 1.807) is 29.0 Å². The molecule has 3 heterocycles. The number of benzene rings is 1. The van der Waals surface area contributed by atoms with Crippen LogP contribution < -0.4 is 10.6 Å². The van der Waals surface area contributed by atoms with Gasteiger partial charge in [-0.15, -0.1) is 0 Å². The van der Waals surface area contributed by atoms with Gasteiger partial charge in [0.25, 0.3) is 5.91 Å². The first-order valence-electron chi connectivity index (χ1n) is 10.6. The minimum absolute atomic E-state index is 0.116. The van der Waals surface area contributed by atoms with E-state index < -0.39 is 0 Å². The molecule has 0 fully saturated rings. The molecule has 2 N–H and O–H groups in total. The first-order valence-corrected chi connectivity index (χ1v) is 10.6. The molecule has 0 aliphatic carbocycles. The molecule has 31 heavy (non-hydrogen) atoms. The normalized spacial score (nSPS) is 12.1. The predicted octanol–water partition coefficient (Wildman–Crippen LogP) is 3.58. The molecule has 7 nitrogen and oxygen atoms in total. The molecule has 3 aromatic heterocycles. The van der Waals surface area contributed by atoms with Crippen molar-refractivity contribution in [3.8, 4) is 22.5 Å². The first-order chi connectivity index (χ1) is 15.2. The van der Waals surface area contributed by atoms with E-state index >= 15 is 0 Å². The summed E-state index contributed by atoms with van der Waals surface area (Å²) in [5.41, 5.74) is 4.60. The van der Waals surface area contributed by atoms with E-state index in [4.69, 9.17) is 4.98 Å². The number of hydrogen-bond donors (Lipinski definition) is 2. The number of hydrogen-bond acceptors (Lipinski definition) is 5. The summed E-state index contributed by atoms with van der Waals surface area (Å²) in [4.78, 5) is 22.0. The number of fused-ring (bicyclic) bond motifs is 1. The molecule has 1 unspecified atom stereocenters. The maximum absolute atomic E-state index is 12.7. The molecule has 1 atom stereocenters. The average Bonchev–Trinajstić information content (AvgIpc) is 3.25. The van der Waals surface area contributed by atoms with E-state index in [-0.39, 0.29) is 11.9 Å². The van der Waals surface area contributed by atoms with E-state index in [9.17, 15) is 4.79 Å². The van der Waals surface area contributed by atoms with Crippen LogP contribution in [0.4, 0.5) is 0 Å². The second kappa shape index (κ2) is 9.49. The molecule has 1 amide bonds. The van der Waals surface area contributed by atoms with Gasteiger partial charge in [-0.2, -0.15) is 5.10 Å². The highest BCUT2D eigenvalue weighted by Gasteiger charge is 2.14. The summed E-state index contributed by atoms with van der Waals surface area (Å²) < 4.78 is 1.72. The lowest BCUT2D eigenvalue weighted by Crippen LogP contribution is -2.40. The van der Waals surface area contributed by atoms with Crippen LogP contribution in [0, 0.1) is 0 Å². The molecule has 0 spiro atoms. The Labute approximate surface area is 181 Å². The maximum Gasteiger partial charge on any atom is 0.251 e. The fourth-order valence-corrected chi connectivity index (χ4v) is 3.51. The van der Waals surface area contributed by atoms with E-state index in [0.717, 1.165) is 29.8 Å². The molecule has 4 rings (SSSR count). The SMILES string of the molecule is CCNC(CC)CNC(=O)c1ccnc(-c2cnn3ccc(-c4ccccc4)nc23)c1. The zero-order valence-electron chi connectivity index (χ0n) is 17.7. The Morgan fingerprint density at radius 3 is 2.71 bits per heavy atom. The lowest BCUT2D eigenvalue weighted by molar-refractivity contribution is 0.0949. The topological polar surface area (TPSA) is 84.2 Å². The third-order valence-electron chi connectivity index (χ3n) is 5.23. The Hall–Kier alpha value is -3.58. The van der Waals surface area contributed by atoms with E-state index in [1.165, 1.54) is 0 Å². The predicted molar refractivity (Wildman–Crippen MR) is 122 cm³/mol. The fourth-order valence-electron chi connectivity index (χ4n) is 3.51. The van der Waals surface area contributed by atoms with Crippen molar-refractivity contribution >= 4 is 11.6 Å². The van der Waals surface area contributed by atoms with Gasteiger partial charge in [-0.05, 0) is 31.2 Å². The van der Waals surface area contributed by atoms with E-state index in [0.29, 0.717) is 23.4 Å². The van der Waals surface area contributed by atoms with Gasteiger partial charge in [0.05, 0.1) is 23.1 Å². The summed E-state index contributed by atoms with van der Waals surface area (Å²) in [7, 11) is 0. The number of carbonyl (C=O) groups excluding carboxylic acids is 1. The van der Waals surface area contributed by atoms with Gasteiger partial charge in [-0.1, -0.05) is 44.2 Å². The van der Waals surface area contributed by atoms with Crippen LogP contribution in [-0.2, 0) is 0 Å². The number of likely N-dealkylation sites (N-methyl/N-ethyl adjacent to an activating group) is 1. The highest BCUT2D eigenvalue weighted by atomic mass is 16.1. The number of aromatic nitrogens is 4. The maximum atomic E-state index is 12.7. The van der Waals surface area contributed by atoms with E-state index in [2.05, 4.69) is 34.6 Å². The Bertz CT molecular complexity index is 1170. The van der Waals surface area contributed by atoms with Crippen LogP contribution in [0.25, 0.3) is 28.2 Å².